The lowest BCUT2D eigenvalue weighted by Gasteiger charge is -2.38. The van der Waals surface area contributed by atoms with Crippen LogP contribution in [0.2, 0.25) is 0 Å². The van der Waals surface area contributed by atoms with E-state index >= 15 is 0 Å². The first-order valence-electron chi connectivity index (χ1n) is 7.48. The summed E-state index contributed by atoms with van der Waals surface area (Å²) in [6.45, 7) is 2.75. The summed E-state index contributed by atoms with van der Waals surface area (Å²) in [6.07, 6.45) is 11.1. The normalized spacial score (nSPS) is 32.9. The van der Waals surface area contributed by atoms with E-state index < -0.39 is 0 Å². The van der Waals surface area contributed by atoms with Crippen molar-refractivity contribution in [2.24, 2.45) is 17.8 Å². The zero-order chi connectivity index (χ0) is 12.1. The van der Waals surface area contributed by atoms with Crippen LogP contribution in [0.3, 0.4) is 0 Å². The van der Waals surface area contributed by atoms with Crippen molar-refractivity contribution < 1.29 is 9.53 Å². The number of carbonyl (C=O) groups is 1. The molecule has 2 aliphatic carbocycles. The van der Waals surface area contributed by atoms with Crippen LogP contribution in [0.4, 0.5) is 0 Å². The number of rotatable bonds is 4. The molecule has 98 valence electrons. The molecule has 3 unspecified atom stereocenters. The molecule has 0 bridgehead atoms. The minimum absolute atomic E-state index is 0.0856. The molecule has 0 aromatic rings. The van der Waals surface area contributed by atoms with Crippen LogP contribution in [0.5, 0.6) is 0 Å². The molecule has 0 saturated heterocycles. The average molecular weight is 238 g/mol. The fourth-order valence-electron chi connectivity index (χ4n) is 3.52. The molecule has 0 N–H and O–H groups in total. The summed E-state index contributed by atoms with van der Waals surface area (Å²) in [5, 5.41) is 0. The molecule has 2 rings (SSSR count). The first-order chi connectivity index (χ1) is 8.31. The maximum atomic E-state index is 11.9. The Hall–Kier alpha value is -0.530. The Morgan fingerprint density at radius 2 is 1.88 bits per heavy atom. The van der Waals surface area contributed by atoms with Crippen LogP contribution in [0.15, 0.2) is 0 Å². The summed E-state index contributed by atoms with van der Waals surface area (Å²) in [4.78, 5) is 11.9. The number of hydrogen-bond acceptors (Lipinski definition) is 2. The van der Waals surface area contributed by atoms with Crippen molar-refractivity contribution in [3.63, 3.8) is 0 Å². The summed E-state index contributed by atoms with van der Waals surface area (Å²) in [6, 6.07) is 0. The quantitative estimate of drug-likeness (QED) is 0.548. The molecule has 0 amide bonds. The molecule has 17 heavy (non-hydrogen) atoms. The number of hydrogen-bond donors (Lipinski definition) is 0. The predicted octanol–water partition coefficient (Wildman–Crippen LogP) is 3.94. The van der Waals surface area contributed by atoms with Crippen LogP contribution < -0.4 is 0 Å². The lowest BCUT2D eigenvalue weighted by Crippen LogP contribution is -2.32. The van der Waals surface area contributed by atoms with Crippen molar-refractivity contribution in [2.75, 3.05) is 6.61 Å². The van der Waals surface area contributed by atoms with E-state index in [1.54, 1.807) is 0 Å². The van der Waals surface area contributed by atoms with Crippen LogP contribution in [0.25, 0.3) is 0 Å². The van der Waals surface area contributed by atoms with E-state index in [4.69, 9.17) is 4.74 Å². The van der Waals surface area contributed by atoms with E-state index in [1.165, 1.54) is 32.1 Å². The number of ether oxygens (including phenoxy) is 1. The molecule has 0 spiro atoms. The van der Waals surface area contributed by atoms with E-state index in [1.807, 2.05) is 0 Å². The van der Waals surface area contributed by atoms with E-state index in [9.17, 15) is 4.79 Å². The van der Waals surface area contributed by atoms with Crippen LogP contribution in [-0.2, 0) is 9.53 Å². The smallest absolute Gasteiger partial charge is 0.308 e. The monoisotopic (exact) mass is 238 g/mol. The van der Waals surface area contributed by atoms with Gasteiger partial charge < -0.3 is 4.74 Å². The van der Waals surface area contributed by atoms with E-state index in [0.29, 0.717) is 6.61 Å². The maximum absolute atomic E-state index is 11.9. The largest absolute Gasteiger partial charge is 0.465 e. The molecule has 0 heterocycles. The maximum Gasteiger partial charge on any atom is 0.308 e. The zero-order valence-electron chi connectivity index (χ0n) is 11.1. The van der Waals surface area contributed by atoms with Crippen molar-refractivity contribution in [1.82, 2.24) is 0 Å². The first-order valence-corrected chi connectivity index (χ1v) is 7.48. The highest BCUT2D eigenvalue weighted by Crippen LogP contribution is 2.42. The van der Waals surface area contributed by atoms with E-state index in [0.717, 1.165) is 37.5 Å². The predicted molar refractivity (Wildman–Crippen MR) is 68.7 cm³/mol. The second kappa shape index (κ2) is 6.42. The number of fused-ring (bicyclic) bond motifs is 1. The molecule has 0 aromatic heterocycles. The molecular formula is C15H26O2. The summed E-state index contributed by atoms with van der Waals surface area (Å²) >= 11 is 0. The Kier molecular flexibility index (Phi) is 4.87. The van der Waals surface area contributed by atoms with Gasteiger partial charge in [0.05, 0.1) is 12.5 Å². The summed E-state index contributed by atoms with van der Waals surface area (Å²) in [7, 11) is 0. The molecule has 0 aromatic carbocycles. The molecular weight excluding hydrogens is 212 g/mol. The molecule has 2 heteroatoms. The van der Waals surface area contributed by atoms with Crippen LogP contribution in [0, 0.1) is 17.8 Å². The van der Waals surface area contributed by atoms with Gasteiger partial charge in [0.15, 0.2) is 0 Å². The Balaban J connectivity index is 1.76. The van der Waals surface area contributed by atoms with Crippen molar-refractivity contribution >= 4 is 5.97 Å². The number of unbranched alkanes of at least 4 members (excludes halogenated alkanes) is 1. The third-order valence-electron chi connectivity index (χ3n) is 4.62. The van der Waals surface area contributed by atoms with E-state index in [2.05, 4.69) is 6.92 Å². The van der Waals surface area contributed by atoms with Gasteiger partial charge >= 0.3 is 5.97 Å². The topological polar surface area (TPSA) is 26.3 Å². The van der Waals surface area contributed by atoms with Gasteiger partial charge in [-0.25, -0.2) is 0 Å². The van der Waals surface area contributed by atoms with Gasteiger partial charge in [-0.15, -0.1) is 0 Å². The van der Waals surface area contributed by atoms with Gasteiger partial charge in [-0.2, -0.15) is 0 Å². The number of esters is 1. The van der Waals surface area contributed by atoms with Gasteiger partial charge in [0.1, 0.15) is 0 Å². The van der Waals surface area contributed by atoms with Gasteiger partial charge in [-0.05, 0) is 37.5 Å². The fourth-order valence-corrected chi connectivity index (χ4v) is 3.52. The molecule has 0 aliphatic heterocycles. The van der Waals surface area contributed by atoms with Gasteiger partial charge in [0.2, 0.25) is 0 Å². The van der Waals surface area contributed by atoms with Crippen molar-refractivity contribution in [1.29, 1.82) is 0 Å². The summed E-state index contributed by atoms with van der Waals surface area (Å²) in [5.74, 6) is 2.04. The highest BCUT2D eigenvalue weighted by molar-refractivity contribution is 5.72. The minimum Gasteiger partial charge on any atom is -0.465 e. The first kappa shape index (κ1) is 12.9. The van der Waals surface area contributed by atoms with Gasteiger partial charge in [0, 0.05) is 0 Å². The SMILES string of the molecule is CCCCOC(=O)C1CCC2CCCCC2C1. The van der Waals surface area contributed by atoms with Gasteiger partial charge in [0.25, 0.3) is 0 Å². The lowest BCUT2D eigenvalue weighted by atomic mass is 9.67. The lowest BCUT2D eigenvalue weighted by molar-refractivity contribution is -0.151. The standard InChI is InChI=1S/C15H26O2/c1-2-3-10-17-15(16)14-9-8-12-6-4-5-7-13(12)11-14/h12-14H,2-11H2,1H3. The Morgan fingerprint density at radius 3 is 2.65 bits per heavy atom. The molecule has 3 atom stereocenters. The minimum atomic E-state index is 0.0856. The third-order valence-corrected chi connectivity index (χ3v) is 4.62. The van der Waals surface area contributed by atoms with Crippen LogP contribution in [-0.4, -0.2) is 12.6 Å². The van der Waals surface area contributed by atoms with Crippen molar-refractivity contribution in [2.45, 2.75) is 64.7 Å². The molecule has 2 saturated carbocycles. The Labute approximate surface area is 105 Å². The Bertz CT molecular complexity index is 249. The van der Waals surface area contributed by atoms with Crippen LogP contribution >= 0.6 is 0 Å². The number of carbonyl (C=O) groups excluding carboxylic acids is 1. The summed E-state index contributed by atoms with van der Waals surface area (Å²) < 4.78 is 5.36. The second-order valence-electron chi connectivity index (χ2n) is 5.84. The average Bonchev–Trinajstić information content (AvgIpc) is 2.38. The van der Waals surface area contributed by atoms with Crippen molar-refractivity contribution in [3.05, 3.63) is 0 Å². The summed E-state index contributed by atoms with van der Waals surface area (Å²) in [5.41, 5.74) is 0. The fraction of sp³-hybridized carbons (Fsp3) is 0.933. The molecule has 2 aliphatic rings. The molecule has 2 fully saturated rings. The van der Waals surface area contributed by atoms with Gasteiger partial charge in [-0.3, -0.25) is 4.79 Å². The Morgan fingerprint density at radius 1 is 1.12 bits per heavy atom. The van der Waals surface area contributed by atoms with E-state index in [-0.39, 0.29) is 11.9 Å². The molecule has 0 radical (unpaired) electrons. The third kappa shape index (κ3) is 3.46. The zero-order valence-corrected chi connectivity index (χ0v) is 11.1. The van der Waals surface area contributed by atoms with Crippen molar-refractivity contribution in [3.8, 4) is 0 Å². The second-order valence-corrected chi connectivity index (χ2v) is 5.84. The molecule has 2 nitrogen and oxygen atoms in total. The highest BCUT2D eigenvalue weighted by atomic mass is 16.5. The highest BCUT2D eigenvalue weighted by Gasteiger charge is 2.35. The van der Waals surface area contributed by atoms with Crippen LogP contribution in [0.1, 0.15) is 64.7 Å². The van der Waals surface area contributed by atoms with Gasteiger partial charge in [-0.1, -0.05) is 39.0 Å².